The molecular formula is C20H28N4O7. The fraction of sp³-hybridized carbons (Fsp3) is 0.500. The topological polar surface area (TPSA) is 159 Å². The Morgan fingerprint density at radius 2 is 1.90 bits per heavy atom. The highest BCUT2D eigenvalue weighted by molar-refractivity contribution is 5.87. The van der Waals surface area contributed by atoms with E-state index in [1.807, 2.05) is 0 Å². The predicted molar refractivity (Wildman–Crippen MR) is 111 cm³/mol. The molecule has 0 bridgehead atoms. The van der Waals surface area contributed by atoms with E-state index in [2.05, 4.69) is 21.1 Å². The van der Waals surface area contributed by atoms with E-state index < -0.39 is 29.7 Å². The van der Waals surface area contributed by atoms with Gasteiger partial charge in [0.05, 0.1) is 5.56 Å². The van der Waals surface area contributed by atoms with Crippen molar-refractivity contribution in [2.45, 2.75) is 57.7 Å². The Morgan fingerprint density at radius 3 is 2.48 bits per heavy atom. The Balaban J connectivity index is 1.81. The number of aliphatic imine (C=N–C) groups is 1. The minimum absolute atomic E-state index is 0.0692. The number of hydrogen-bond donors (Lipinski definition) is 5. The van der Waals surface area contributed by atoms with Gasteiger partial charge in [0.1, 0.15) is 11.6 Å². The second kappa shape index (κ2) is 10.5. The lowest BCUT2D eigenvalue weighted by molar-refractivity contribution is -0.139. The Bertz CT molecular complexity index is 818. The summed E-state index contributed by atoms with van der Waals surface area (Å²) in [6.07, 6.45) is 0.595. The largest absolute Gasteiger partial charge is 0.480 e. The Kier molecular flexibility index (Phi) is 8.06. The maximum Gasteiger partial charge on any atom is 0.408 e. The number of aliphatic carboxylic acids is 1. The second-order valence-electron chi connectivity index (χ2n) is 8.01. The van der Waals surface area contributed by atoms with E-state index in [1.54, 1.807) is 20.8 Å². The van der Waals surface area contributed by atoms with Gasteiger partial charge in [-0.15, -0.1) is 0 Å². The van der Waals surface area contributed by atoms with Gasteiger partial charge >= 0.3 is 18.0 Å². The third-order valence-corrected chi connectivity index (χ3v) is 4.25. The van der Waals surface area contributed by atoms with Crippen molar-refractivity contribution in [3.05, 3.63) is 29.8 Å². The lowest BCUT2D eigenvalue weighted by Gasteiger charge is -2.26. The molecule has 170 valence electrons. The molecule has 31 heavy (non-hydrogen) atoms. The Hall–Kier alpha value is -3.50. The van der Waals surface area contributed by atoms with Crippen LogP contribution in [0.25, 0.3) is 0 Å². The molecule has 1 amide bonds. The van der Waals surface area contributed by atoms with Gasteiger partial charge in [-0.2, -0.15) is 5.48 Å². The summed E-state index contributed by atoms with van der Waals surface area (Å²) in [5, 5.41) is 23.8. The number of benzene rings is 1. The average molecular weight is 436 g/mol. The van der Waals surface area contributed by atoms with E-state index >= 15 is 0 Å². The van der Waals surface area contributed by atoms with Gasteiger partial charge in [0.25, 0.3) is 0 Å². The number of hydroxylamine groups is 1. The van der Waals surface area contributed by atoms with E-state index in [0.717, 1.165) is 0 Å². The van der Waals surface area contributed by atoms with Crippen molar-refractivity contribution in [3.8, 4) is 5.75 Å². The number of rotatable bonds is 8. The number of carbonyl (C=O) groups is 3. The van der Waals surface area contributed by atoms with Crippen LogP contribution in [0.4, 0.5) is 4.79 Å². The molecule has 2 atom stereocenters. The summed E-state index contributed by atoms with van der Waals surface area (Å²) >= 11 is 0. The number of guanidine groups is 1. The van der Waals surface area contributed by atoms with Crippen LogP contribution in [0, 0.1) is 0 Å². The monoisotopic (exact) mass is 436 g/mol. The van der Waals surface area contributed by atoms with E-state index in [4.69, 9.17) is 14.7 Å². The molecule has 1 aromatic carbocycles. The number of aromatic carboxylic acids is 1. The molecule has 11 nitrogen and oxygen atoms in total. The number of hydrogen-bond acceptors (Lipinski definition) is 8. The van der Waals surface area contributed by atoms with Crippen LogP contribution in [-0.4, -0.2) is 58.4 Å². The van der Waals surface area contributed by atoms with Gasteiger partial charge in [-0.05, 0) is 64.3 Å². The van der Waals surface area contributed by atoms with Gasteiger partial charge in [-0.25, -0.2) is 14.4 Å². The number of amides is 1. The van der Waals surface area contributed by atoms with Crippen molar-refractivity contribution in [2.24, 2.45) is 4.99 Å². The Morgan fingerprint density at radius 1 is 1.23 bits per heavy atom. The normalized spacial score (nSPS) is 16.9. The van der Waals surface area contributed by atoms with Crippen molar-refractivity contribution >= 4 is 24.0 Å². The average Bonchev–Trinajstić information content (AvgIpc) is 2.68. The molecule has 0 saturated carbocycles. The standard InChI is InChI=1S/C20H28N4O7/c1-20(2,3)30-19(29)23-15(17(27)28)9-6-13-10-11-21-18(22-13)24-31-14-7-4-12(5-8-14)16(25)26/h4-5,7-8,13,15H,6,9-11H2,1-3H3,(H,23,29)(H,25,26)(H,27,28)(H2,21,22,24)/t13?,15-/m0/s1. The molecule has 1 unspecified atom stereocenters. The van der Waals surface area contributed by atoms with Crippen LogP contribution in [-0.2, 0) is 9.53 Å². The van der Waals surface area contributed by atoms with Crippen LogP contribution in [0.15, 0.2) is 29.3 Å². The summed E-state index contributed by atoms with van der Waals surface area (Å²) in [5.41, 5.74) is 2.10. The zero-order valence-corrected chi connectivity index (χ0v) is 17.7. The molecule has 1 heterocycles. The van der Waals surface area contributed by atoms with Crippen LogP contribution in [0.2, 0.25) is 0 Å². The van der Waals surface area contributed by atoms with Crippen LogP contribution in [0.1, 0.15) is 50.4 Å². The highest BCUT2D eigenvalue weighted by atomic mass is 16.6. The summed E-state index contributed by atoms with van der Waals surface area (Å²) in [6, 6.07) is 4.72. The number of nitrogens with zero attached hydrogens (tertiary/aromatic N) is 1. The molecule has 0 aromatic heterocycles. The van der Waals surface area contributed by atoms with Crippen molar-refractivity contribution in [1.82, 2.24) is 16.1 Å². The smallest absolute Gasteiger partial charge is 0.408 e. The predicted octanol–water partition coefficient (Wildman–Crippen LogP) is 1.74. The number of carboxylic acid groups (broad SMARTS) is 2. The van der Waals surface area contributed by atoms with Crippen molar-refractivity contribution < 1.29 is 34.2 Å². The lowest BCUT2D eigenvalue weighted by Crippen LogP contribution is -2.49. The van der Waals surface area contributed by atoms with Crippen LogP contribution < -0.4 is 21.0 Å². The number of carbonyl (C=O) groups excluding carboxylic acids is 1. The number of ether oxygens (including phenoxy) is 1. The van der Waals surface area contributed by atoms with Gasteiger partial charge in [0, 0.05) is 12.6 Å². The molecule has 0 saturated heterocycles. The van der Waals surface area contributed by atoms with Crippen molar-refractivity contribution in [2.75, 3.05) is 6.54 Å². The molecule has 5 N–H and O–H groups in total. The van der Waals surface area contributed by atoms with Gasteiger partial charge in [0.15, 0.2) is 5.75 Å². The molecule has 0 aliphatic carbocycles. The van der Waals surface area contributed by atoms with Gasteiger partial charge in [0.2, 0.25) is 5.96 Å². The van der Waals surface area contributed by atoms with Gasteiger partial charge < -0.3 is 30.4 Å². The molecule has 0 fully saturated rings. The maximum atomic E-state index is 11.9. The molecule has 2 rings (SSSR count). The first-order valence-electron chi connectivity index (χ1n) is 9.83. The van der Waals surface area contributed by atoms with Crippen molar-refractivity contribution in [1.29, 1.82) is 0 Å². The molecule has 0 radical (unpaired) electrons. The summed E-state index contributed by atoms with van der Waals surface area (Å²) in [7, 11) is 0. The number of nitrogens with one attached hydrogen (secondary N) is 3. The van der Waals surface area contributed by atoms with E-state index in [9.17, 15) is 19.5 Å². The summed E-state index contributed by atoms with van der Waals surface area (Å²) in [4.78, 5) is 43.9. The second-order valence-corrected chi connectivity index (χ2v) is 8.01. The first-order chi connectivity index (χ1) is 14.5. The fourth-order valence-electron chi connectivity index (χ4n) is 2.77. The SMILES string of the molecule is CC(C)(C)OC(=O)N[C@@H](CCC1CCN=C(NOc2ccc(C(=O)O)cc2)N1)C(=O)O. The number of alkyl carbamates (subject to hydrolysis) is 1. The molecular weight excluding hydrogens is 408 g/mol. The third-order valence-electron chi connectivity index (χ3n) is 4.25. The maximum absolute atomic E-state index is 11.9. The highest BCUT2D eigenvalue weighted by Crippen LogP contribution is 2.13. The quantitative estimate of drug-likeness (QED) is 0.383. The van der Waals surface area contributed by atoms with Crippen LogP contribution in [0.3, 0.4) is 0 Å². The van der Waals surface area contributed by atoms with E-state index in [1.165, 1.54) is 24.3 Å². The van der Waals surface area contributed by atoms with E-state index in [-0.39, 0.29) is 18.0 Å². The van der Waals surface area contributed by atoms with Crippen molar-refractivity contribution in [3.63, 3.8) is 0 Å². The van der Waals surface area contributed by atoms with Crippen LogP contribution in [0.5, 0.6) is 5.75 Å². The summed E-state index contributed by atoms with van der Waals surface area (Å²) in [5.74, 6) is -1.38. The molecule has 1 aromatic rings. The number of carboxylic acids is 2. The van der Waals surface area contributed by atoms with Crippen LogP contribution >= 0.6 is 0 Å². The highest BCUT2D eigenvalue weighted by Gasteiger charge is 2.26. The molecule has 1 aliphatic heterocycles. The minimum atomic E-state index is -1.14. The lowest BCUT2D eigenvalue weighted by atomic mass is 10.0. The molecule has 11 heteroatoms. The van der Waals surface area contributed by atoms with Gasteiger partial charge in [-0.3, -0.25) is 4.99 Å². The summed E-state index contributed by atoms with van der Waals surface area (Å²) < 4.78 is 5.11. The molecule has 1 aliphatic rings. The minimum Gasteiger partial charge on any atom is -0.480 e. The van der Waals surface area contributed by atoms with E-state index in [0.29, 0.717) is 31.1 Å². The first kappa shape index (κ1) is 23.8. The summed E-state index contributed by atoms with van der Waals surface area (Å²) in [6.45, 7) is 5.61. The zero-order chi connectivity index (χ0) is 23.0. The Labute approximate surface area is 179 Å². The zero-order valence-electron chi connectivity index (χ0n) is 17.7. The fourth-order valence-corrected chi connectivity index (χ4v) is 2.77. The first-order valence-corrected chi connectivity index (χ1v) is 9.83. The van der Waals surface area contributed by atoms with Gasteiger partial charge in [-0.1, -0.05) is 0 Å². The third kappa shape index (κ3) is 8.41. The molecule has 0 spiro atoms.